The highest BCUT2D eigenvalue weighted by molar-refractivity contribution is 7.91. The number of anilines is 1. The Labute approximate surface area is 101 Å². The quantitative estimate of drug-likeness (QED) is 0.624. The summed E-state index contributed by atoms with van der Waals surface area (Å²) in [4.78, 5) is -0.288. The Balaban J connectivity index is 2.76. The van der Waals surface area contributed by atoms with Gasteiger partial charge in [-0.25, -0.2) is 12.8 Å². The number of halogens is 1. The molecule has 0 atom stereocenters. The zero-order valence-electron chi connectivity index (χ0n) is 9.65. The molecule has 1 aromatic rings. The molecule has 0 aromatic heterocycles. The first-order chi connectivity index (χ1) is 7.97. The molecule has 0 radical (unpaired) electrons. The van der Waals surface area contributed by atoms with E-state index in [0.717, 1.165) is 6.07 Å². The molecule has 4 nitrogen and oxygen atoms in total. The summed E-state index contributed by atoms with van der Waals surface area (Å²) in [7, 11) is -2.02. The Bertz CT molecular complexity index is 474. The first kappa shape index (κ1) is 13.9. The lowest BCUT2D eigenvalue weighted by molar-refractivity contribution is 0.194. The Hall–Kier alpha value is -1.14. The van der Waals surface area contributed by atoms with Crippen LogP contribution in [0.5, 0.6) is 0 Å². The van der Waals surface area contributed by atoms with Crippen LogP contribution in [0.2, 0.25) is 0 Å². The van der Waals surface area contributed by atoms with Gasteiger partial charge in [0.1, 0.15) is 10.7 Å². The van der Waals surface area contributed by atoms with Crippen LogP contribution in [0.25, 0.3) is 0 Å². The van der Waals surface area contributed by atoms with E-state index in [-0.39, 0.29) is 16.3 Å². The van der Waals surface area contributed by atoms with Crippen molar-refractivity contribution in [2.24, 2.45) is 0 Å². The molecule has 1 rings (SSSR count). The lowest BCUT2D eigenvalue weighted by Crippen LogP contribution is -2.10. The number of sulfone groups is 1. The second-order valence-corrected chi connectivity index (χ2v) is 5.79. The predicted molar refractivity (Wildman–Crippen MR) is 64.0 cm³/mol. The van der Waals surface area contributed by atoms with Crippen molar-refractivity contribution in [1.82, 2.24) is 0 Å². The number of nitrogen functional groups attached to an aromatic ring is 1. The minimum Gasteiger partial charge on any atom is -0.399 e. The second-order valence-electron chi connectivity index (χ2n) is 3.71. The number of unbranched alkanes of at least 4 members (excludes halogenated alkanes) is 1. The van der Waals surface area contributed by atoms with Gasteiger partial charge < -0.3 is 10.5 Å². The van der Waals surface area contributed by atoms with Crippen LogP contribution < -0.4 is 5.73 Å². The van der Waals surface area contributed by atoms with Crippen molar-refractivity contribution in [2.75, 3.05) is 25.2 Å². The van der Waals surface area contributed by atoms with Gasteiger partial charge in [0.05, 0.1) is 5.75 Å². The normalized spacial score (nSPS) is 11.6. The summed E-state index contributed by atoms with van der Waals surface area (Å²) in [6.45, 7) is 0.500. The monoisotopic (exact) mass is 261 g/mol. The molecule has 0 fully saturated rings. The topological polar surface area (TPSA) is 69.4 Å². The Morgan fingerprint density at radius 3 is 2.65 bits per heavy atom. The van der Waals surface area contributed by atoms with E-state index < -0.39 is 15.7 Å². The van der Waals surface area contributed by atoms with Crippen LogP contribution >= 0.6 is 0 Å². The molecule has 0 unspecified atom stereocenters. The molecule has 96 valence electrons. The molecule has 0 spiro atoms. The molecular formula is C11H16FNO3S. The summed E-state index contributed by atoms with van der Waals surface area (Å²) in [5, 5.41) is 0. The van der Waals surface area contributed by atoms with Gasteiger partial charge in [0.2, 0.25) is 0 Å². The molecule has 0 saturated heterocycles. The summed E-state index contributed by atoms with van der Waals surface area (Å²) >= 11 is 0. The minimum atomic E-state index is -3.57. The van der Waals surface area contributed by atoms with Crippen LogP contribution in [0, 0.1) is 5.82 Å². The van der Waals surface area contributed by atoms with Gasteiger partial charge in [0, 0.05) is 19.4 Å². The largest absolute Gasteiger partial charge is 0.399 e. The molecule has 0 aliphatic heterocycles. The highest BCUT2D eigenvalue weighted by Gasteiger charge is 2.18. The summed E-state index contributed by atoms with van der Waals surface area (Å²) in [5.41, 5.74) is 5.57. The highest BCUT2D eigenvalue weighted by atomic mass is 32.2. The maximum absolute atomic E-state index is 13.4. The number of benzene rings is 1. The van der Waals surface area contributed by atoms with E-state index in [9.17, 15) is 12.8 Å². The molecule has 1 aromatic carbocycles. The number of ether oxygens (including phenoxy) is 1. The molecule has 0 heterocycles. The van der Waals surface area contributed by atoms with Gasteiger partial charge in [0.15, 0.2) is 9.84 Å². The molecule has 0 aliphatic carbocycles. The lowest BCUT2D eigenvalue weighted by atomic mass is 10.3. The molecule has 2 N–H and O–H groups in total. The third-order valence-electron chi connectivity index (χ3n) is 2.30. The maximum Gasteiger partial charge on any atom is 0.181 e. The fourth-order valence-electron chi connectivity index (χ4n) is 1.42. The molecule has 0 saturated carbocycles. The minimum absolute atomic E-state index is 0.0861. The molecular weight excluding hydrogens is 245 g/mol. The molecule has 0 bridgehead atoms. The van der Waals surface area contributed by atoms with Gasteiger partial charge in [0.25, 0.3) is 0 Å². The zero-order chi connectivity index (χ0) is 12.9. The van der Waals surface area contributed by atoms with Crippen molar-refractivity contribution in [1.29, 1.82) is 0 Å². The van der Waals surface area contributed by atoms with Gasteiger partial charge in [-0.3, -0.25) is 0 Å². The number of methoxy groups -OCH3 is 1. The number of nitrogens with two attached hydrogens (primary N) is 1. The van der Waals surface area contributed by atoms with Crippen molar-refractivity contribution in [2.45, 2.75) is 17.7 Å². The first-order valence-electron chi connectivity index (χ1n) is 5.24. The van der Waals surface area contributed by atoms with Crippen molar-refractivity contribution >= 4 is 15.5 Å². The zero-order valence-corrected chi connectivity index (χ0v) is 10.5. The van der Waals surface area contributed by atoms with E-state index in [0.29, 0.717) is 19.4 Å². The van der Waals surface area contributed by atoms with Crippen molar-refractivity contribution in [3.05, 3.63) is 24.0 Å². The summed E-state index contributed by atoms with van der Waals surface area (Å²) in [5.74, 6) is -0.881. The molecule has 0 amide bonds. The molecule has 6 heteroatoms. The van der Waals surface area contributed by atoms with Crippen molar-refractivity contribution in [3.63, 3.8) is 0 Å². The van der Waals surface area contributed by atoms with E-state index in [2.05, 4.69) is 0 Å². The fourth-order valence-corrected chi connectivity index (χ4v) is 2.85. The van der Waals surface area contributed by atoms with Crippen molar-refractivity contribution < 1.29 is 17.5 Å². The standard InChI is InChI=1S/C11H16FNO3S/c1-16-6-2-3-7-17(14,15)11-5-4-9(13)8-10(11)12/h4-5,8H,2-3,6-7,13H2,1H3. The van der Waals surface area contributed by atoms with E-state index in [4.69, 9.17) is 10.5 Å². The predicted octanol–water partition coefficient (Wildman–Crippen LogP) is 1.61. The van der Waals surface area contributed by atoms with Crippen LogP contribution in [0.1, 0.15) is 12.8 Å². The van der Waals surface area contributed by atoms with Crippen LogP contribution in [-0.4, -0.2) is 27.9 Å². The average molecular weight is 261 g/mol. The van der Waals surface area contributed by atoms with Gasteiger partial charge in [-0.1, -0.05) is 0 Å². The van der Waals surface area contributed by atoms with Gasteiger partial charge in [-0.05, 0) is 31.0 Å². The Morgan fingerprint density at radius 2 is 2.06 bits per heavy atom. The van der Waals surface area contributed by atoms with Crippen LogP contribution in [0.15, 0.2) is 23.1 Å². The smallest absolute Gasteiger partial charge is 0.181 e. The maximum atomic E-state index is 13.4. The third-order valence-corrected chi connectivity index (χ3v) is 4.13. The Kier molecular flexibility index (Phi) is 4.89. The number of hydrogen-bond acceptors (Lipinski definition) is 4. The first-order valence-corrected chi connectivity index (χ1v) is 6.89. The lowest BCUT2D eigenvalue weighted by Gasteiger charge is -2.06. The van der Waals surface area contributed by atoms with E-state index in [1.54, 1.807) is 7.11 Å². The van der Waals surface area contributed by atoms with Crippen LogP contribution in [0.4, 0.5) is 10.1 Å². The van der Waals surface area contributed by atoms with E-state index in [1.165, 1.54) is 12.1 Å². The van der Waals surface area contributed by atoms with E-state index in [1.807, 2.05) is 0 Å². The number of rotatable bonds is 6. The fraction of sp³-hybridized carbons (Fsp3) is 0.455. The van der Waals surface area contributed by atoms with Crippen LogP contribution in [-0.2, 0) is 14.6 Å². The Morgan fingerprint density at radius 1 is 1.35 bits per heavy atom. The second kappa shape index (κ2) is 5.97. The van der Waals surface area contributed by atoms with Crippen LogP contribution in [0.3, 0.4) is 0 Å². The highest BCUT2D eigenvalue weighted by Crippen LogP contribution is 2.19. The van der Waals surface area contributed by atoms with Gasteiger partial charge in [-0.2, -0.15) is 0 Å². The van der Waals surface area contributed by atoms with Gasteiger partial charge >= 0.3 is 0 Å². The summed E-state index contributed by atoms with van der Waals surface area (Å²) in [6, 6.07) is 3.60. The van der Waals surface area contributed by atoms with Gasteiger partial charge in [-0.15, -0.1) is 0 Å². The van der Waals surface area contributed by atoms with E-state index >= 15 is 0 Å². The van der Waals surface area contributed by atoms with Crippen molar-refractivity contribution in [3.8, 4) is 0 Å². The third kappa shape index (κ3) is 3.98. The molecule has 17 heavy (non-hydrogen) atoms. The average Bonchev–Trinajstić information content (AvgIpc) is 2.24. The summed E-state index contributed by atoms with van der Waals surface area (Å²) < 4.78 is 41.9. The summed E-state index contributed by atoms with van der Waals surface area (Å²) in [6.07, 6.45) is 1.08. The number of hydrogen-bond donors (Lipinski definition) is 1. The SMILES string of the molecule is COCCCCS(=O)(=O)c1ccc(N)cc1F. The molecule has 0 aliphatic rings.